The van der Waals surface area contributed by atoms with Crippen LogP contribution in [0.5, 0.6) is 5.75 Å². The Kier molecular flexibility index (Phi) is 9.11. The number of ether oxygens (including phenoxy) is 2. The van der Waals surface area contributed by atoms with Gasteiger partial charge in [0, 0.05) is 18.8 Å². The number of rotatable bonds is 13. The van der Waals surface area contributed by atoms with Gasteiger partial charge in [0.15, 0.2) is 0 Å². The molecule has 2 aromatic rings. The first kappa shape index (κ1) is 30.3. The van der Waals surface area contributed by atoms with Gasteiger partial charge in [0.25, 0.3) is 0 Å². The van der Waals surface area contributed by atoms with Crippen LogP contribution in [0.25, 0.3) is 0 Å². The van der Waals surface area contributed by atoms with Gasteiger partial charge in [0.2, 0.25) is 17.7 Å². The largest absolute Gasteiger partial charge is 0.494 e. The molecule has 3 heterocycles. The van der Waals surface area contributed by atoms with Gasteiger partial charge in [-0.05, 0) is 75.4 Å². The van der Waals surface area contributed by atoms with Gasteiger partial charge in [0.05, 0.1) is 34.8 Å². The van der Waals surface area contributed by atoms with Gasteiger partial charge < -0.3 is 30.1 Å². The Bertz CT molecular complexity index is 1310. The maximum absolute atomic E-state index is 14.3. The van der Waals surface area contributed by atoms with Crippen molar-refractivity contribution in [2.24, 2.45) is 11.8 Å². The molecular weight excluding hydrogens is 558 g/mol. The SMILES string of the molecule is CCOc1ccc(NC(=O)[C@@H]2[C@H]3C(=O)N(CCCCCCO)C(C(=O)Nc4ccccc4Cl)C34CC[C@@]2(CC)O4)cc1. The van der Waals surface area contributed by atoms with Crippen molar-refractivity contribution in [1.82, 2.24) is 4.90 Å². The fourth-order valence-electron chi connectivity index (χ4n) is 7.19. The molecule has 0 aromatic heterocycles. The molecule has 3 aliphatic rings. The molecule has 3 amide bonds. The van der Waals surface area contributed by atoms with Crippen LogP contribution in [0.15, 0.2) is 48.5 Å². The van der Waals surface area contributed by atoms with Crippen LogP contribution in [0.1, 0.15) is 58.8 Å². The Hall–Kier alpha value is -3.14. The first-order chi connectivity index (χ1) is 20.3. The van der Waals surface area contributed by atoms with Crippen molar-refractivity contribution in [2.75, 3.05) is 30.4 Å². The number of nitrogens with one attached hydrogen (secondary N) is 2. The molecule has 226 valence electrons. The zero-order valence-corrected chi connectivity index (χ0v) is 25.0. The predicted octanol–water partition coefficient (Wildman–Crippen LogP) is 5.02. The van der Waals surface area contributed by atoms with Crippen molar-refractivity contribution in [3.8, 4) is 5.75 Å². The molecule has 5 atom stereocenters. The molecule has 3 aliphatic heterocycles. The van der Waals surface area contributed by atoms with Gasteiger partial charge in [-0.3, -0.25) is 14.4 Å². The van der Waals surface area contributed by atoms with Crippen molar-refractivity contribution in [1.29, 1.82) is 0 Å². The summed E-state index contributed by atoms with van der Waals surface area (Å²) in [6.07, 6.45) is 4.62. The highest BCUT2D eigenvalue weighted by Gasteiger charge is 2.78. The highest BCUT2D eigenvalue weighted by Crippen LogP contribution is 2.64. The number of carbonyl (C=O) groups is 3. The Morgan fingerprint density at radius 2 is 1.76 bits per heavy atom. The lowest BCUT2D eigenvalue weighted by Gasteiger charge is -2.34. The van der Waals surface area contributed by atoms with Crippen LogP contribution in [0.3, 0.4) is 0 Å². The van der Waals surface area contributed by atoms with Crippen molar-refractivity contribution >= 4 is 40.7 Å². The Morgan fingerprint density at radius 1 is 1.02 bits per heavy atom. The average Bonchev–Trinajstić information content (AvgIpc) is 3.59. The van der Waals surface area contributed by atoms with Gasteiger partial charge in [-0.15, -0.1) is 0 Å². The molecule has 0 saturated carbocycles. The third-order valence-corrected chi connectivity index (χ3v) is 9.41. The second-order valence-electron chi connectivity index (χ2n) is 11.4. The second-order valence-corrected chi connectivity index (χ2v) is 11.8. The third-order valence-electron chi connectivity index (χ3n) is 9.08. The molecule has 3 fully saturated rings. The van der Waals surface area contributed by atoms with Gasteiger partial charge in [0.1, 0.15) is 17.4 Å². The molecule has 5 rings (SSSR count). The minimum Gasteiger partial charge on any atom is -0.494 e. The van der Waals surface area contributed by atoms with E-state index in [0.717, 1.165) is 12.8 Å². The normalized spacial score (nSPS) is 27.7. The number of fused-ring (bicyclic) bond motifs is 1. The highest BCUT2D eigenvalue weighted by molar-refractivity contribution is 6.33. The van der Waals surface area contributed by atoms with Gasteiger partial charge in [-0.25, -0.2) is 0 Å². The predicted molar refractivity (Wildman–Crippen MR) is 160 cm³/mol. The zero-order chi connectivity index (χ0) is 29.9. The minimum atomic E-state index is -1.12. The summed E-state index contributed by atoms with van der Waals surface area (Å²) in [6.45, 7) is 4.90. The van der Waals surface area contributed by atoms with Crippen LogP contribution < -0.4 is 15.4 Å². The van der Waals surface area contributed by atoms with Crippen molar-refractivity contribution in [3.63, 3.8) is 0 Å². The van der Waals surface area contributed by atoms with Crippen LogP contribution in [0.4, 0.5) is 11.4 Å². The first-order valence-corrected chi connectivity index (χ1v) is 15.4. The lowest BCUT2D eigenvalue weighted by atomic mass is 9.65. The number of aliphatic hydroxyl groups is 1. The number of hydrogen-bond acceptors (Lipinski definition) is 6. The van der Waals surface area contributed by atoms with E-state index in [0.29, 0.717) is 67.4 Å². The Labute approximate surface area is 251 Å². The van der Waals surface area contributed by atoms with E-state index in [1.54, 1.807) is 53.4 Å². The Balaban J connectivity index is 1.45. The smallest absolute Gasteiger partial charge is 0.250 e. The molecule has 10 heteroatoms. The van der Waals surface area contributed by atoms with Crippen LogP contribution >= 0.6 is 11.6 Å². The molecule has 0 aliphatic carbocycles. The molecule has 2 unspecified atom stereocenters. The molecule has 1 spiro atoms. The lowest BCUT2D eigenvalue weighted by molar-refractivity contribution is -0.144. The summed E-state index contributed by atoms with van der Waals surface area (Å²) in [4.78, 5) is 43.9. The standard InChI is InChI=1S/C32H40ClN3O6/c1-3-31-17-18-32(42-31)26(25(31)28(38)34-21-13-15-22(16-14-21)41-4-2)30(40)36(19-9-5-6-10-20-37)27(32)29(39)35-24-12-8-7-11-23(24)33/h7-8,11-16,25-27,37H,3-6,9-10,17-20H2,1-2H3,(H,34,38)(H,35,39)/t25-,26-,27?,31+,32?/m0/s1. The van der Waals surface area contributed by atoms with Crippen LogP contribution in [0, 0.1) is 11.8 Å². The number of nitrogens with zero attached hydrogens (tertiary/aromatic N) is 1. The molecule has 2 bridgehead atoms. The number of amides is 3. The van der Waals surface area contributed by atoms with E-state index >= 15 is 0 Å². The van der Waals surface area contributed by atoms with E-state index in [4.69, 9.17) is 26.2 Å². The summed E-state index contributed by atoms with van der Waals surface area (Å²) < 4.78 is 12.3. The summed E-state index contributed by atoms with van der Waals surface area (Å²) >= 11 is 6.37. The van der Waals surface area contributed by atoms with E-state index in [1.165, 1.54) is 0 Å². The summed E-state index contributed by atoms with van der Waals surface area (Å²) in [6, 6.07) is 13.2. The number of para-hydroxylation sites is 1. The number of halogens is 1. The number of likely N-dealkylation sites (tertiary alicyclic amines) is 1. The number of hydrogen-bond donors (Lipinski definition) is 3. The van der Waals surface area contributed by atoms with Crippen molar-refractivity contribution in [2.45, 2.75) is 76.0 Å². The van der Waals surface area contributed by atoms with Gasteiger partial charge in [-0.2, -0.15) is 0 Å². The third kappa shape index (κ3) is 5.38. The number of carbonyl (C=O) groups excluding carboxylic acids is 3. The molecule has 3 saturated heterocycles. The molecule has 42 heavy (non-hydrogen) atoms. The van der Waals surface area contributed by atoms with Crippen LogP contribution in [-0.2, 0) is 19.1 Å². The summed E-state index contributed by atoms with van der Waals surface area (Å²) in [5.74, 6) is -1.70. The summed E-state index contributed by atoms with van der Waals surface area (Å²) in [5, 5.41) is 15.5. The summed E-state index contributed by atoms with van der Waals surface area (Å²) in [7, 11) is 0. The Morgan fingerprint density at radius 3 is 2.45 bits per heavy atom. The lowest BCUT2D eigenvalue weighted by Crippen LogP contribution is -2.53. The van der Waals surface area contributed by atoms with Crippen molar-refractivity contribution < 1.29 is 29.0 Å². The van der Waals surface area contributed by atoms with Gasteiger partial charge >= 0.3 is 0 Å². The fourth-order valence-corrected chi connectivity index (χ4v) is 7.37. The van der Waals surface area contributed by atoms with E-state index in [-0.39, 0.29) is 24.3 Å². The molecule has 9 nitrogen and oxygen atoms in total. The second kappa shape index (κ2) is 12.6. The maximum Gasteiger partial charge on any atom is 0.250 e. The van der Waals surface area contributed by atoms with E-state index < -0.39 is 29.1 Å². The number of unbranched alkanes of at least 4 members (excludes halogenated alkanes) is 3. The van der Waals surface area contributed by atoms with Crippen LogP contribution in [0.2, 0.25) is 5.02 Å². The van der Waals surface area contributed by atoms with E-state index in [9.17, 15) is 14.4 Å². The minimum absolute atomic E-state index is 0.120. The maximum atomic E-state index is 14.3. The number of anilines is 2. The van der Waals surface area contributed by atoms with E-state index in [1.807, 2.05) is 13.8 Å². The summed E-state index contributed by atoms with van der Waals surface area (Å²) in [5.41, 5.74) is -0.900. The fraction of sp³-hybridized carbons (Fsp3) is 0.531. The number of aliphatic hydroxyl groups excluding tert-OH is 1. The van der Waals surface area contributed by atoms with Crippen molar-refractivity contribution in [3.05, 3.63) is 53.6 Å². The average molecular weight is 598 g/mol. The van der Waals surface area contributed by atoms with E-state index in [2.05, 4.69) is 10.6 Å². The van der Waals surface area contributed by atoms with Gasteiger partial charge in [-0.1, -0.05) is 43.5 Å². The molecule has 3 N–H and O–H groups in total. The molecule has 0 radical (unpaired) electrons. The molecular formula is C32H40ClN3O6. The molecule has 2 aromatic carbocycles. The zero-order valence-electron chi connectivity index (χ0n) is 24.2. The number of benzene rings is 2. The highest BCUT2D eigenvalue weighted by atomic mass is 35.5. The first-order valence-electron chi connectivity index (χ1n) is 15.0. The van der Waals surface area contributed by atoms with Crippen LogP contribution in [-0.4, -0.2) is 64.7 Å². The monoisotopic (exact) mass is 597 g/mol. The topological polar surface area (TPSA) is 117 Å². The quantitative estimate of drug-likeness (QED) is 0.279.